The first-order chi connectivity index (χ1) is 18.6. The number of nitrogens with one attached hydrogen (secondary N) is 1. The summed E-state index contributed by atoms with van der Waals surface area (Å²) in [5, 5.41) is 3.20. The van der Waals surface area contributed by atoms with Crippen LogP contribution in [0.25, 0.3) is 0 Å². The van der Waals surface area contributed by atoms with Gasteiger partial charge < -0.3 is 10.2 Å². The van der Waals surface area contributed by atoms with Gasteiger partial charge in [-0.3, -0.25) is 13.9 Å². The number of sulfonamides is 1. The highest BCUT2D eigenvalue weighted by Crippen LogP contribution is 2.28. The van der Waals surface area contributed by atoms with Crippen molar-refractivity contribution in [2.24, 2.45) is 0 Å². The van der Waals surface area contributed by atoms with Crippen molar-refractivity contribution in [3.05, 3.63) is 94.5 Å². The summed E-state index contributed by atoms with van der Waals surface area (Å²) < 4.78 is 28.8. The predicted molar refractivity (Wildman–Crippen MR) is 157 cm³/mol. The lowest BCUT2D eigenvalue weighted by Gasteiger charge is -2.33. The number of carbonyl (C=O) groups is 2. The number of rotatable bonds is 12. The highest BCUT2D eigenvalue weighted by molar-refractivity contribution is 7.92. The third-order valence-electron chi connectivity index (χ3n) is 6.55. The van der Waals surface area contributed by atoms with Crippen molar-refractivity contribution in [1.82, 2.24) is 10.2 Å². The van der Waals surface area contributed by atoms with Gasteiger partial charge in [0.2, 0.25) is 11.8 Å². The topological polar surface area (TPSA) is 86.8 Å². The molecule has 3 aromatic rings. The number of aryl methyl sites for hydroxylation is 2. The molecule has 0 aliphatic rings. The normalized spacial score (nSPS) is 12.0. The number of hydrogen-bond donors (Lipinski definition) is 1. The Balaban J connectivity index is 2.03. The first-order valence-electron chi connectivity index (χ1n) is 13.0. The molecular weight excluding hydrogens is 534 g/mol. The Hall–Kier alpha value is -3.36. The van der Waals surface area contributed by atoms with Gasteiger partial charge in [-0.2, -0.15) is 0 Å². The minimum absolute atomic E-state index is 0.0594. The number of anilines is 1. The number of amides is 2. The van der Waals surface area contributed by atoms with Gasteiger partial charge in [0.05, 0.1) is 10.6 Å². The summed E-state index contributed by atoms with van der Waals surface area (Å²) in [6.07, 6.45) is 0.900. The number of halogens is 1. The highest BCUT2D eigenvalue weighted by Gasteiger charge is 2.33. The van der Waals surface area contributed by atoms with Crippen molar-refractivity contribution in [2.75, 3.05) is 23.9 Å². The van der Waals surface area contributed by atoms with Crippen LogP contribution in [0, 0.1) is 13.8 Å². The van der Waals surface area contributed by atoms with Crippen LogP contribution in [0.4, 0.5) is 5.69 Å². The van der Waals surface area contributed by atoms with Crippen molar-refractivity contribution in [3.63, 3.8) is 0 Å². The molecule has 3 rings (SSSR count). The van der Waals surface area contributed by atoms with Crippen molar-refractivity contribution >= 4 is 39.1 Å². The molecular formula is C30H36ClN3O4S. The maximum Gasteiger partial charge on any atom is 0.264 e. The number of nitrogens with zero attached hydrogens (tertiary/aromatic N) is 2. The van der Waals surface area contributed by atoms with Crippen LogP contribution in [0.5, 0.6) is 0 Å². The molecule has 208 valence electrons. The van der Waals surface area contributed by atoms with E-state index >= 15 is 0 Å². The predicted octanol–water partition coefficient (Wildman–Crippen LogP) is 5.14. The standard InChI is InChI=1S/C30H36ClN3O4S/c1-5-28(30(36)32-6-2)33(19-18-24-10-8-7-9-11-24)29(35)21-34(25-15-14-23(4)27(31)20-25)39(37,38)26-16-12-22(3)13-17-26/h7-17,20,28H,5-6,18-19,21H2,1-4H3,(H,32,36)/t28-/m1/s1. The van der Waals surface area contributed by atoms with E-state index in [9.17, 15) is 18.0 Å². The Morgan fingerprint density at radius 1 is 0.949 bits per heavy atom. The first-order valence-corrected chi connectivity index (χ1v) is 14.9. The van der Waals surface area contributed by atoms with Gasteiger partial charge >= 0.3 is 0 Å². The van der Waals surface area contributed by atoms with E-state index in [-0.39, 0.29) is 23.0 Å². The summed E-state index contributed by atoms with van der Waals surface area (Å²) in [4.78, 5) is 28.5. The van der Waals surface area contributed by atoms with Crippen LogP contribution in [-0.4, -0.2) is 50.8 Å². The molecule has 0 bridgehead atoms. The Morgan fingerprint density at radius 3 is 2.21 bits per heavy atom. The summed E-state index contributed by atoms with van der Waals surface area (Å²) >= 11 is 6.37. The second-order valence-corrected chi connectivity index (χ2v) is 11.7. The van der Waals surface area contributed by atoms with E-state index in [4.69, 9.17) is 11.6 Å². The number of likely N-dealkylation sites (N-methyl/N-ethyl adjacent to an activating group) is 1. The lowest BCUT2D eigenvalue weighted by atomic mass is 10.1. The molecule has 0 radical (unpaired) electrons. The van der Waals surface area contributed by atoms with Gasteiger partial charge in [-0.25, -0.2) is 8.42 Å². The summed E-state index contributed by atoms with van der Waals surface area (Å²) in [5.41, 5.74) is 2.98. The molecule has 7 nitrogen and oxygen atoms in total. The molecule has 9 heteroatoms. The van der Waals surface area contributed by atoms with Crippen LogP contribution in [0.1, 0.15) is 37.0 Å². The molecule has 1 N–H and O–H groups in total. The van der Waals surface area contributed by atoms with Gasteiger partial charge in [0.25, 0.3) is 10.0 Å². The first kappa shape index (κ1) is 30.2. The zero-order valence-corrected chi connectivity index (χ0v) is 24.4. The van der Waals surface area contributed by atoms with Crippen LogP contribution in [0.2, 0.25) is 5.02 Å². The Labute approximate surface area is 236 Å². The molecule has 0 saturated heterocycles. The molecule has 39 heavy (non-hydrogen) atoms. The van der Waals surface area contributed by atoms with Gasteiger partial charge in [0.1, 0.15) is 12.6 Å². The van der Waals surface area contributed by atoms with Crippen LogP contribution >= 0.6 is 11.6 Å². The number of benzene rings is 3. The average molecular weight is 570 g/mol. The minimum Gasteiger partial charge on any atom is -0.355 e. The van der Waals surface area contributed by atoms with Gasteiger partial charge in [-0.15, -0.1) is 0 Å². The number of hydrogen-bond acceptors (Lipinski definition) is 4. The van der Waals surface area contributed by atoms with Gasteiger partial charge in [-0.1, -0.05) is 72.6 Å². The summed E-state index contributed by atoms with van der Waals surface area (Å²) in [5.74, 6) is -0.746. The molecule has 0 saturated carbocycles. The average Bonchev–Trinajstić information content (AvgIpc) is 2.92. The van der Waals surface area contributed by atoms with E-state index in [0.29, 0.717) is 24.4 Å². The lowest BCUT2D eigenvalue weighted by molar-refractivity contribution is -0.139. The maximum atomic E-state index is 13.9. The van der Waals surface area contributed by atoms with E-state index in [1.165, 1.54) is 17.0 Å². The quantitative estimate of drug-likeness (QED) is 0.327. The fourth-order valence-electron chi connectivity index (χ4n) is 4.29. The fraction of sp³-hybridized carbons (Fsp3) is 0.333. The third-order valence-corrected chi connectivity index (χ3v) is 8.75. The Kier molecular flexibility index (Phi) is 10.5. The smallest absolute Gasteiger partial charge is 0.264 e. The molecule has 0 aromatic heterocycles. The van der Waals surface area contributed by atoms with Crippen LogP contribution in [0.3, 0.4) is 0 Å². The van der Waals surface area contributed by atoms with Crippen LogP contribution in [-0.2, 0) is 26.0 Å². The molecule has 2 amide bonds. The minimum atomic E-state index is -4.13. The van der Waals surface area contributed by atoms with Gasteiger partial charge in [0.15, 0.2) is 0 Å². The SMILES string of the molecule is CCNC(=O)[C@@H](CC)N(CCc1ccccc1)C(=O)CN(c1ccc(C)c(Cl)c1)S(=O)(=O)c1ccc(C)cc1. The van der Waals surface area contributed by atoms with E-state index in [1.54, 1.807) is 30.3 Å². The number of carbonyl (C=O) groups excluding carboxylic acids is 2. The fourth-order valence-corrected chi connectivity index (χ4v) is 5.87. The monoisotopic (exact) mass is 569 g/mol. The molecule has 0 fully saturated rings. The molecule has 0 spiro atoms. The molecule has 1 atom stereocenters. The van der Waals surface area contributed by atoms with Gasteiger partial charge in [-0.05, 0) is 69.0 Å². The summed E-state index contributed by atoms with van der Waals surface area (Å²) in [6, 6.07) is 20.3. The molecule has 0 aliphatic heterocycles. The molecule has 3 aromatic carbocycles. The maximum absolute atomic E-state index is 13.9. The van der Waals surface area contributed by atoms with E-state index in [1.807, 2.05) is 58.0 Å². The second-order valence-electron chi connectivity index (χ2n) is 9.40. The zero-order chi connectivity index (χ0) is 28.6. The largest absolute Gasteiger partial charge is 0.355 e. The van der Waals surface area contributed by atoms with Crippen LogP contribution in [0.15, 0.2) is 77.7 Å². The zero-order valence-electron chi connectivity index (χ0n) is 22.9. The second kappa shape index (κ2) is 13.6. The van der Waals surface area contributed by atoms with E-state index in [0.717, 1.165) is 21.0 Å². The molecule has 0 aliphatic carbocycles. The Bertz CT molecular complexity index is 1380. The van der Waals surface area contributed by atoms with Crippen LogP contribution < -0.4 is 9.62 Å². The van der Waals surface area contributed by atoms with E-state index in [2.05, 4.69) is 5.32 Å². The highest BCUT2D eigenvalue weighted by atomic mass is 35.5. The van der Waals surface area contributed by atoms with E-state index < -0.39 is 28.5 Å². The van der Waals surface area contributed by atoms with Crippen molar-refractivity contribution in [1.29, 1.82) is 0 Å². The molecule has 0 heterocycles. The Morgan fingerprint density at radius 2 is 1.62 bits per heavy atom. The van der Waals surface area contributed by atoms with Crippen molar-refractivity contribution < 1.29 is 18.0 Å². The van der Waals surface area contributed by atoms with Crippen molar-refractivity contribution in [3.8, 4) is 0 Å². The third kappa shape index (κ3) is 7.61. The lowest BCUT2D eigenvalue weighted by Crippen LogP contribution is -2.53. The van der Waals surface area contributed by atoms with Gasteiger partial charge in [0, 0.05) is 18.1 Å². The van der Waals surface area contributed by atoms with Crippen molar-refractivity contribution in [2.45, 2.75) is 51.5 Å². The molecule has 0 unspecified atom stereocenters. The summed E-state index contributed by atoms with van der Waals surface area (Å²) in [7, 11) is -4.13. The summed E-state index contributed by atoms with van der Waals surface area (Å²) in [6.45, 7) is 7.53.